The SMILES string of the molecule is CCOc1cc2c(cc1Br)C(=O)/C(=C1\Sc3cc(OCC)c(Br)cc3C1=O)S2. The van der Waals surface area contributed by atoms with Gasteiger partial charge in [-0.2, -0.15) is 0 Å². The fraction of sp³-hybridized carbons (Fsp3) is 0.200. The molecular weight excluding hydrogens is 528 g/mol. The molecule has 0 saturated heterocycles. The van der Waals surface area contributed by atoms with E-state index in [1.165, 1.54) is 23.5 Å². The van der Waals surface area contributed by atoms with Crippen LogP contribution in [0.25, 0.3) is 0 Å². The second kappa shape index (κ2) is 7.89. The lowest BCUT2D eigenvalue weighted by molar-refractivity contribution is 0.101. The van der Waals surface area contributed by atoms with Crippen LogP contribution in [0.3, 0.4) is 0 Å². The van der Waals surface area contributed by atoms with E-state index in [-0.39, 0.29) is 11.6 Å². The minimum atomic E-state index is -0.128. The van der Waals surface area contributed by atoms with Gasteiger partial charge in [0.2, 0.25) is 11.6 Å². The van der Waals surface area contributed by atoms with Gasteiger partial charge in [-0.1, -0.05) is 23.5 Å². The van der Waals surface area contributed by atoms with Crippen LogP contribution >= 0.6 is 55.4 Å². The molecular formula is C20H14Br2O4S2. The summed E-state index contributed by atoms with van der Waals surface area (Å²) in [6, 6.07) is 7.23. The number of benzene rings is 2. The maximum Gasteiger partial charge on any atom is 0.202 e. The molecule has 0 N–H and O–H groups in total. The molecule has 8 heteroatoms. The van der Waals surface area contributed by atoms with E-state index >= 15 is 0 Å². The van der Waals surface area contributed by atoms with Crippen molar-refractivity contribution in [3.63, 3.8) is 0 Å². The molecule has 144 valence electrons. The first-order valence-corrected chi connectivity index (χ1v) is 11.8. The van der Waals surface area contributed by atoms with Crippen molar-refractivity contribution in [2.24, 2.45) is 0 Å². The number of fused-ring (bicyclic) bond motifs is 2. The molecule has 2 aliphatic heterocycles. The van der Waals surface area contributed by atoms with Gasteiger partial charge in [-0.25, -0.2) is 0 Å². The van der Waals surface area contributed by atoms with Gasteiger partial charge in [0.25, 0.3) is 0 Å². The molecule has 2 aromatic carbocycles. The van der Waals surface area contributed by atoms with Crippen molar-refractivity contribution in [3.05, 3.63) is 54.1 Å². The highest BCUT2D eigenvalue weighted by Crippen LogP contribution is 2.52. The van der Waals surface area contributed by atoms with Crippen molar-refractivity contribution in [2.45, 2.75) is 23.6 Å². The van der Waals surface area contributed by atoms with Crippen LogP contribution in [0.4, 0.5) is 0 Å². The molecule has 2 heterocycles. The molecule has 2 aliphatic rings. The summed E-state index contributed by atoms with van der Waals surface area (Å²) >= 11 is 9.56. The van der Waals surface area contributed by atoms with E-state index in [9.17, 15) is 9.59 Å². The number of hydrogen-bond acceptors (Lipinski definition) is 6. The minimum Gasteiger partial charge on any atom is -0.493 e. The molecule has 0 fully saturated rings. The number of carbonyl (C=O) groups is 2. The Labute approximate surface area is 187 Å². The molecule has 0 amide bonds. The van der Waals surface area contributed by atoms with Crippen molar-refractivity contribution in [3.8, 4) is 11.5 Å². The minimum absolute atomic E-state index is 0.128. The average Bonchev–Trinajstić information content (AvgIpc) is 3.14. The molecule has 28 heavy (non-hydrogen) atoms. The lowest BCUT2D eigenvalue weighted by Crippen LogP contribution is -2.02. The third-order valence-electron chi connectivity index (χ3n) is 4.20. The number of Topliss-reactive ketones (excluding diaryl/α,β-unsaturated/α-hetero) is 2. The molecule has 0 atom stereocenters. The summed E-state index contributed by atoms with van der Waals surface area (Å²) in [5, 5.41) is 0. The maximum atomic E-state index is 13.0. The van der Waals surface area contributed by atoms with Crippen molar-refractivity contribution in [1.82, 2.24) is 0 Å². The number of hydrogen-bond donors (Lipinski definition) is 0. The maximum absolute atomic E-state index is 13.0. The summed E-state index contributed by atoms with van der Waals surface area (Å²) in [5.74, 6) is 1.12. The van der Waals surface area contributed by atoms with Crippen LogP contribution in [0.1, 0.15) is 34.6 Å². The number of ether oxygens (including phenoxy) is 2. The number of carbonyl (C=O) groups excluding carboxylic acids is 2. The Balaban J connectivity index is 1.74. The van der Waals surface area contributed by atoms with Gasteiger partial charge in [0.1, 0.15) is 11.5 Å². The largest absolute Gasteiger partial charge is 0.493 e. The van der Waals surface area contributed by atoms with Gasteiger partial charge in [-0.05, 0) is 70.0 Å². The lowest BCUT2D eigenvalue weighted by atomic mass is 10.1. The second-order valence-corrected chi connectivity index (χ2v) is 9.76. The predicted molar refractivity (Wildman–Crippen MR) is 118 cm³/mol. The Kier molecular flexibility index (Phi) is 5.66. The summed E-state index contributed by atoms with van der Waals surface area (Å²) in [5.41, 5.74) is 1.17. The zero-order chi connectivity index (χ0) is 20.0. The van der Waals surface area contributed by atoms with E-state index in [1.54, 1.807) is 12.1 Å². The van der Waals surface area contributed by atoms with Crippen LogP contribution in [-0.2, 0) is 0 Å². The van der Waals surface area contributed by atoms with Crippen LogP contribution in [0, 0.1) is 0 Å². The Morgan fingerprint density at radius 1 is 0.750 bits per heavy atom. The summed E-state index contributed by atoms with van der Waals surface area (Å²) in [6.45, 7) is 4.88. The standard InChI is InChI=1S/C20H14Br2O4S2/c1-3-25-13-7-15-9(5-11(13)21)17(23)19(27-15)20-18(24)10-6-12(22)14(26-4-2)8-16(10)28-20/h5-8H,3-4H2,1-2H3/b20-19+. The predicted octanol–water partition coefficient (Wildman–Crippen LogP) is 6.50. The van der Waals surface area contributed by atoms with Crippen LogP contribution in [0.2, 0.25) is 0 Å². The van der Waals surface area contributed by atoms with Crippen molar-refractivity contribution < 1.29 is 19.1 Å². The molecule has 0 radical (unpaired) electrons. The first-order valence-electron chi connectivity index (χ1n) is 8.56. The number of allylic oxidation sites excluding steroid dienone is 2. The summed E-state index contributed by atoms with van der Waals surface area (Å²) in [6.07, 6.45) is 0. The summed E-state index contributed by atoms with van der Waals surface area (Å²) in [4.78, 5) is 28.5. The zero-order valence-electron chi connectivity index (χ0n) is 14.9. The van der Waals surface area contributed by atoms with E-state index < -0.39 is 0 Å². The lowest BCUT2D eigenvalue weighted by Gasteiger charge is -2.07. The van der Waals surface area contributed by atoms with Gasteiger partial charge < -0.3 is 9.47 Å². The molecule has 0 bridgehead atoms. The molecule has 0 spiro atoms. The van der Waals surface area contributed by atoms with Crippen LogP contribution in [-0.4, -0.2) is 24.8 Å². The second-order valence-electron chi connectivity index (χ2n) is 5.94. The Bertz CT molecular complexity index is 979. The quantitative estimate of drug-likeness (QED) is 0.412. The van der Waals surface area contributed by atoms with E-state index in [2.05, 4.69) is 31.9 Å². The van der Waals surface area contributed by atoms with E-state index in [0.29, 0.717) is 45.6 Å². The third-order valence-corrected chi connectivity index (χ3v) is 7.87. The Morgan fingerprint density at radius 3 is 1.50 bits per heavy atom. The first-order chi connectivity index (χ1) is 13.4. The fourth-order valence-corrected chi connectivity index (χ4v) is 6.22. The molecule has 0 aliphatic carbocycles. The van der Waals surface area contributed by atoms with E-state index in [1.807, 2.05) is 26.0 Å². The van der Waals surface area contributed by atoms with Gasteiger partial charge in [0.15, 0.2) is 0 Å². The molecule has 4 rings (SSSR count). The zero-order valence-corrected chi connectivity index (χ0v) is 19.7. The number of ketones is 2. The number of rotatable bonds is 4. The normalized spacial score (nSPS) is 17.7. The first kappa shape index (κ1) is 20.1. The highest BCUT2D eigenvalue weighted by Gasteiger charge is 2.37. The van der Waals surface area contributed by atoms with Gasteiger partial charge >= 0.3 is 0 Å². The van der Waals surface area contributed by atoms with Gasteiger partial charge in [-0.3, -0.25) is 9.59 Å². The molecule has 0 unspecified atom stereocenters. The van der Waals surface area contributed by atoms with Crippen molar-refractivity contribution in [1.29, 1.82) is 0 Å². The average molecular weight is 542 g/mol. The monoisotopic (exact) mass is 540 g/mol. The summed E-state index contributed by atoms with van der Waals surface area (Å²) in [7, 11) is 0. The van der Waals surface area contributed by atoms with Crippen molar-refractivity contribution >= 4 is 67.0 Å². The topological polar surface area (TPSA) is 52.6 Å². The molecule has 4 nitrogen and oxygen atoms in total. The Hall–Kier alpha value is -1.22. The Morgan fingerprint density at radius 2 is 1.14 bits per heavy atom. The smallest absolute Gasteiger partial charge is 0.202 e. The van der Waals surface area contributed by atoms with Gasteiger partial charge in [0.05, 0.1) is 32.0 Å². The van der Waals surface area contributed by atoms with Gasteiger partial charge in [-0.15, -0.1) is 0 Å². The van der Waals surface area contributed by atoms with Crippen molar-refractivity contribution in [2.75, 3.05) is 13.2 Å². The molecule has 0 saturated carbocycles. The van der Waals surface area contributed by atoms with Crippen LogP contribution in [0.15, 0.2) is 52.8 Å². The number of halogens is 2. The third kappa shape index (κ3) is 3.34. The van der Waals surface area contributed by atoms with E-state index in [4.69, 9.17) is 9.47 Å². The van der Waals surface area contributed by atoms with Crippen LogP contribution < -0.4 is 9.47 Å². The molecule has 0 aromatic heterocycles. The van der Waals surface area contributed by atoms with E-state index in [0.717, 1.165) is 18.7 Å². The molecule has 2 aromatic rings. The highest BCUT2D eigenvalue weighted by atomic mass is 79.9. The van der Waals surface area contributed by atoms with Gasteiger partial charge in [0, 0.05) is 20.9 Å². The fourth-order valence-electron chi connectivity index (χ4n) is 2.98. The summed E-state index contributed by atoms with van der Waals surface area (Å²) < 4.78 is 12.7. The number of thioether (sulfide) groups is 2. The highest BCUT2D eigenvalue weighted by molar-refractivity contribution is 9.11. The van der Waals surface area contributed by atoms with Crippen LogP contribution in [0.5, 0.6) is 11.5 Å².